The van der Waals surface area contributed by atoms with E-state index in [1.807, 2.05) is 14.0 Å². The Labute approximate surface area is 118 Å². The van der Waals surface area contributed by atoms with E-state index in [0.717, 1.165) is 29.7 Å². The Balaban J connectivity index is 2.43. The molecule has 0 radical (unpaired) electrons. The molecule has 2 aromatic rings. The molecule has 110 valence electrons. The Morgan fingerprint density at radius 1 is 1.40 bits per heavy atom. The number of amides is 1. The summed E-state index contributed by atoms with van der Waals surface area (Å²) in [4.78, 5) is 18.1. The average Bonchev–Trinajstić information content (AvgIpc) is 2.88. The Morgan fingerprint density at radius 3 is 2.70 bits per heavy atom. The Hall–Kier alpha value is -2.05. The second-order valence-corrected chi connectivity index (χ2v) is 4.96. The standard InChI is InChI=1S/C13H22N6O/c1-5-7-9-11-12(18(4)16-9)19(13(14)15-11)8-10(20)17(3)6-2/h5-8H2,1-4H3,(H2,14,15). The molecule has 2 heterocycles. The molecule has 2 rings (SSSR count). The molecule has 7 heteroatoms. The molecule has 0 aliphatic heterocycles. The summed E-state index contributed by atoms with van der Waals surface area (Å²) in [6, 6.07) is 0. The number of anilines is 1. The Kier molecular flexibility index (Phi) is 3.96. The minimum atomic E-state index is 0.0109. The molecule has 2 aromatic heterocycles. The second kappa shape index (κ2) is 5.52. The molecule has 0 saturated heterocycles. The van der Waals surface area contributed by atoms with E-state index in [1.165, 1.54) is 0 Å². The maximum Gasteiger partial charge on any atom is 0.242 e. The number of nitrogens with zero attached hydrogens (tertiary/aromatic N) is 5. The quantitative estimate of drug-likeness (QED) is 0.876. The van der Waals surface area contributed by atoms with Crippen LogP contribution in [0.1, 0.15) is 26.0 Å². The number of fused-ring (bicyclic) bond motifs is 1. The van der Waals surface area contributed by atoms with Crippen molar-refractivity contribution in [2.24, 2.45) is 7.05 Å². The summed E-state index contributed by atoms with van der Waals surface area (Å²) in [6.07, 6.45) is 1.85. The first-order chi connectivity index (χ1) is 9.49. The lowest BCUT2D eigenvalue weighted by molar-refractivity contribution is -0.130. The first-order valence-corrected chi connectivity index (χ1v) is 6.91. The molecule has 0 spiro atoms. The van der Waals surface area contributed by atoms with Crippen molar-refractivity contribution in [1.82, 2.24) is 24.2 Å². The largest absolute Gasteiger partial charge is 0.369 e. The number of aryl methyl sites for hydroxylation is 2. The summed E-state index contributed by atoms with van der Waals surface area (Å²) < 4.78 is 3.49. The maximum absolute atomic E-state index is 12.1. The third-order valence-corrected chi connectivity index (χ3v) is 3.50. The number of hydrogen-bond donors (Lipinski definition) is 1. The molecule has 0 atom stereocenters. The van der Waals surface area contributed by atoms with Gasteiger partial charge in [0.1, 0.15) is 12.1 Å². The van der Waals surface area contributed by atoms with E-state index in [2.05, 4.69) is 17.0 Å². The fourth-order valence-electron chi connectivity index (χ4n) is 2.25. The van der Waals surface area contributed by atoms with Crippen molar-refractivity contribution in [2.45, 2.75) is 33.2 Å². The third kappa shape index (κ3) is 2.35. The summed E-state index contributed by atoms with van der Waals surface area (Å²) >= 11 is 0. The van der Waals surface area contributed by atoms with Crippen LogP contribution in [0.15, 0.2) is 0 Å². The van der Waals surface area contributed by atoms with Crippen LogP contribution in [0.5, 0.6) is 0 Å². The van der Waals surface area contributed by atoms with Gasteiger partial charge in [-0.3, -0.25) is 14.0 Å². The third-order valence-electron chi connectivity index (χ3n) is 3.50. The molecular formula is C13H22N6O. The molecule has 0 aliphatic rings. The number of nitrogens with two attached hydrogens (primary N) is 1. The van der Waals surface area contributed by atoms with Crippen molar-refractivity contribution < 1.29 is 4.79 Å². The van der Waals surface area contributed by atoms with Gasteiger partial charge in [0.25, 0.3) is 0 Å². The van der Waals surface area contributed by atoms with Crippen LogP contribution in [-0.4, -0.2) is 43.7 Å². The molecule has 0 fully saturated rings. The van der Waals surface area contributed by atoms with Gasteiger partial charge in [0.05, 0.1) is 5.69 Å². The van der Waals surface area contributed by atoms with Crippen molar-refractivity contribution in [1.29, 1.82) is 0 Å². The molecule has 0 aromatic carbocycles. The van der Waals surface area contributed by atoms with Gasteiger partial charge < -0.3 is 10.6 Å². The normalized spacial score (nSPS) is 11.2. The van der Waals surface area contributed by atoms with Crippen LogP contribution in [0, 0.1) is 0 Å². The lowest BCUT2D eigenvalue weighted by Crippen LogP contribution is -2.30. The minimum Gasteiger partial charge on any atom is -0.369 e. The number of nitrogen functional groups attached to an aromatic ring is 1. The van der Waals surface area contributed by atoms with Gasteiger partial charge in [-0.15, -0.1) is 0 Å². The first kappa shape index (κ1) is 14.4. The van der Waals surface area contributed by atoms with Gasteiger partial charge in [-0.05, 0) is 13.3 Å². The SMILES string of the molecule is CCCc1nn(C)c2c1nc(N)n2CC(=O)N(C)CC. The van der Waals surface area contributed by atoms with E-state index >= 15 is 0 Å². The topological polar surface area (TPSA) is 82.0 Å². The van der Waals surface area contributed by atoms with Gasteiger partial charge in [0.2, 0.25) is 11.9 Å². The average molecular weight is 278 g/mol. The van der Waals surface area contributed by atoms with Crippen LogP contribution in [0.4, 0.5) is 5.95 Å². The van der Waals surface area contributed by atoms with E-state index in [9.17, 15) is 4.79 Å². The molecule has 0 unspecified atom stereocenters. The van der Waals surface area contributed by atoms with Gasteiger partial charge in [0.15, 0.2) is 5.65 Å². The van der Waals surface area contributed by atoms with Crippen molar-refractivity contribution in [3.05, 3.63) is 5.69 Å². The zero-order valence-electron chi connectivity index (χ0n) is 12.6. The van der Waals surface area contributed by atoms with Crippen molar-refractivity contribution in [3.63, 3.8) is 0 Å². The van der Waals surface area contributed by atoms with E-state index in [1.54, 1.807) is 21.2 Å². The fraction of sp³-hybridized carbons (Fsp3) is 0.615. The van der Waals surface area contributed by atoms with Crippen LogP contribution in [0.3, 0.4) is 0 Å². The highest BCUT2D eigenvalue weighted by Gasteiger charge is 2.19. The molecule has 0 saturated carbocycles. The summed E-state index contributed by atoms with van der Waals surface area (Å²) in [5.41, 5.74) is 8.51. The van der Waals surface area contributed by atoms with Gasteiger partial charge in [-0.1, -0.05) is 13.3 Å². The van der Waals surface area contributed by atoms with Crippen LogP contribution in [0.25, 0.3) is 11.2 Å². The lowest BCUT2D eigenvalue weighted by atomic mass is 10.2. The predicted molar refractivity (Wildman–Crippen MR) is 78.2 cm³/mol. The summed E-state index contributed by atoms with van der Waals surface area (Å²) in [5.74, 6) is 0.375. The molecule has 7 nitrogen and oxygen atoms in total. The summed E-state index contributed by atoms with van der Waals surface area (Å²) in [6.45, 7) is 4.90. The minimum absolute atomic E-state index is 0.0109. The number of imidazole rings is 1. The van der Waals surface area contributed by atoms with Gasteiger partial charge in [-0.25, -0.2) is 4.98 Å². The number of likely N-dealkylation sites (N-methyl/N-ethyl adjacent to an activating group) is 1. The Morgan fingerprint density at radius 2 is 2.10 bits per heavy atom. The zero-order valence-corrected chi connectivity index (χ0v) is 12.6. The van der Waals surface area contributed by atoms with Crippen molar-refractivity contribution in [3.8, 4) is 0 Å². The first-order valence-electron chi connectivity index (χ1n) is 6.91. The number of hydrogen-bond acceptors (Lipinski definition) is 4. The summed E-state index contributed by atoms with van der Waals surface area (Å²) in [5, 5.41) is 4.47. The van der Waals surface area contributed by atoms with Crippen LogP contribution >= 0.6 is 0 Å². The number of aromatic nitrogens is 4. The molecular weight excluding hydrogens is 256 g/mol. The molecule has 1 amide bonds. The van der Waals surface area contributed by atoms with Crippen LogP contribution in [0.2, 0.25) is 0 Å². The number of carbonyl (C=O) groups is 1. The van der Waals surface area contributed by atoms with E-state index in [4.69, 9.17) is 5.73 Å². The highest BCUT2D eigenvalue weighted by atomic mass is 16.2. The monoisotopic (exact) mass is 278 g/mol. The molecule has 0 aliphatic carbocycles. The zero-order chi connectivity index (χ0) is 14.9. The molecule has 0 bridgehead atoms. The van der Waals surface area contributed by atoms with E-state index in [-0.39, 0.29) is 12.5 Å². The van der Waals surface area contributed by atoms with Crippen LogP contribution < -0.4 is 5.73 Å². The summed E-state index contributed by atoms with van der Waals surface area (Å²) in [7, 11) is 3.63. The van der Waals surface area contributed by atoms with Gasteiger partial charge >= 0.3 is 0 Å². The highest BCUT2D eigenvalue weighted by molar-refractivity contribution is 5.82. The number of rotatable bonds is 5. The maximum atomic E-state index is 12.1. The Bertz CT molecular complexity index is 626. The van der Waals surface area contributed by atoms with Gasteiger partial charge in [-0.2, -0.15) is 5.10 Å². The molecule has 20 heavy (non-hydrogen) atoms. The van der Waals surface area contributed by atoms with Crippen molar-refractivity contribution in [2.75, 3.05) is 19.3 Å². The lowest BCUT2D eigenvalue weighted by Gasteiger charge is -2.15. The van der Waals surface area contributed by atoms with E-state index in [0.29, 0.717) is 12.5 Å². The fourth-order valence-corrected chi connectivity index (χ4v) is 2.25. The smallest absolute Gasteiger partial charge is 0.242 e. The predicted octanol–water partition coefficient (Wildman–Crippen LogP) is 0.783. The molecule has 2 N–H and O–H groups in total. The second-order valence-electron chi connectivity index (χ2n) is 4.96. The van der Waals surface area contributed by atoms with Gasteiger partial charge in [0, 0.05) is 20.6 Å². The van der Waals surface area contributed by atoms with Crippen molar-refractivity contribution >= 4 is 23.0 Å². The number of carbonyl (C=O) groups excluding carboxylic acids is 1. The van der Waals surface area contributed by atoms with E-state index < -0.39 is 0 Å². The van der Waals surface area contributed by atoms with Crippen LogP contribution in [-0.2, 0) is 24.8 Å². The highest BCUT2D eigenvalue weighted by Crippen LogP contribution is 2.21.